The van der Waals surface area contributed by atoms with E-state index in [0.717, 1.165) is 0 Å². The molecule has 0 amide bonds. The molecule has 5 heteroatoms. The van der Waals surface area contributed by atoms with Gasteiger partial charge in [-0.05, 0) is 0 Å². The summed E-state index contributed by atoms with van der Waals surface area (Å²) < 4.78 is 0. The van der Waals surface area contributed by atoms with Crippen molar-refractivity contribution in [2.75, 3.05) is 0 Å². The lowest BCUT2D eigenvalue weighted by atomic mass is 9.87. The maximum Gasteiger partial charge on any atom is 0.170 e. The first-order chi connectivity index (χ1) is 5.23. The fourth-order valence-electron chi connectivity index (χ4n) is 1.39. The van der Waals surface area contributed by atoms with Gasteiger partial charge in [0.05, 0.1) is 0 Å². The fourth-order valence-corrected chi connectivity index (χ4v) is 1.39. The van der Waals surface area contributed by atoms with Crippen LogP contribution in [0.2, 0.25) is 0 Å². The standard InChI is InChI=1S/C6H9N3O2/c10-4-1-2-5(11)6(3-4)7-9-8-6/h7-9H,1-3H2. The molecule has 0 aromatic rings. The van der Waals surface area contributed by atoms with E-state index < -0.39 is 5.66 Å². The lowest BCUT2D eigenvalue weighted by molar-refractivity contribution is -0.144. The van der Waals surface area contributed by atoms with Crippen LogP contribution in [0.4, 0.5) is 0 Å². The number of hydrogen-bond donors (Lipinski definition) is 3. The Morgan fingerprint density at radius 3 is 2.36 bits per heavy atom. The van der Waals surface area contributed by atoms with Gasteiger partial charge in [0, 0.05) is 19.3 Å². The molecular weight excluding hydrogens is 146 g/mol. The van der Waals surface area contributed by atoms with E-state index in [-0.39, 0.29) is 18.0 Å². The third kappa shape index (κ3) is 0.891. The van der Waals surface area contributed by atoms with Crippen molar-refractivity contribution in [3.63, 3.8) is 0 Å². The van der Waals surface area contributed by atoms with Gasteiger partial charge in [-0.3, -0.25) is 9.59 Å². The van der Waals surface area contributed by atoms with E-state index in [9.17, 15) is 9.59 Å². The molecule has 0 aromatic carbocycles. The third-order valence-electron chi connectivity index (χ3n) is 2.12. The SMILES string of the molecule is O=C1CCC(=O)C2(C1)NNN2. The monoisotopic (exact) mass is 155 g/mol. The second-order valence-electron chi connectivity index (χ2n) is 2.92. The molecular formula is C6H9N3O2. The summed E-state index contributed by atoms with van der Waals surface area (Å²) in [5.74, 6) is 0.196. The molecule has 60 valence electrons. The second-order valence-corrected chi connectivity index (χ2v) is 2.92. The molecule has 11 heavy (non-hydrogen) atoms. The van der Waals surface area contributed by atoms with Crippen LogP contribution in [0.5, 0.6) is 0 Å². The Labute approximate surface area is 63.5 Å². The van der Waals surface area contributed by atoms with Gasteiger partial charge in [0.15, 0.2) is 11.4 Å². The van der Waals surface area contributed by atoms with Crippen LogP contribution in [0.1, 0.15) is 19.3 Å². The minimum atomic E-state index is -0.769. The molecule has 3 N–H and O–H groups in total. The molecule has 1 aliphatic heterocycles. The normalized spacial score (nSPS) is 28.7. The molecule has 1 heterocycles. The Morgan fingerprint density at radius 1 is 1.18 bits per heavy atom. The van der Waals surface area contributed by atoms with Gasteiger partial charge in [0.25, 0.3) is 0 Å². The van der Waals surface area contributed by atoms with Gasteiger partial charge in [-0.1, -0.05) is 0 Å². The van der Waals surface area contributed by atoms with E-state index in [2.05, 4.69) is 16.4 Å². The summed E-state index contributed by atoms with van der Waals surface area (Å²) in [7, 11) is 0. The highest BCUT2D eigenvalue weighted by atomic mass is 16.2. The van der Waals surface area contributed by atoms with Crippen molar-refractivity contribution in [3.8, 4) is 0 Å². The van der Waals surface area contributed by atoms with Crippen molar-refractivity contribution in [3.05, 3.63) is 0 Å². The average molecular weight is 155 g/mol. The van der Waals surface area contributed by atoms with Gasteiger partial charge < -0.3 is 0 Å². The number of nitrogens with one attached hydrogen (secondary N) is 3. The number of hydrogen-bond acceptors (Lipinski definition) is 5. The largest absolute Gasteiger partial charge is 0.300 e. The van der Waals surface area contributed by atoms with E-state index in [1.54, 1.807) is 0 Å². The topological polar surface area (TPSA) is 70.2 Å². The van der Waals surface area contributed by atoms with Crippen LogP contribution in [0.3, 0.4) is 0 Å². The number of hydrazine groups is 2. The number of rotatable bonds is 0. The molecule has 2 rings (SSSR count). The maximum atomic E-state index is 11.2. The van der Waals surface area contributed by atoms with Crippen molar-refractivity contribution in [1.82, 2.24) is 16.4 Å². The highest BCUT2D eigenvalue weighted by Crippen LogP contribution is 2.21. The molecule has 0 bridgehead atoms. The lowest BCUT2D eigenvalue weighted by Gasteiger charge is -2.44. The summed E-state index contributed by atoms with van der Waals surface area (Å²) in [5, 5.41) is 0. The van der Waals surface area contributed by atoms with Gasteiger partial charge in [0.1, 0.15) is 5.78 Å². The van der Waals surface area contributed by atoms with Crippen LogP contribution < -0.4 is 16.4 Å². The highest BCUT2D eigenvalue weighted by molar-refractivity contribution is 6.00. The summed E-state index contributed by atoms with van der Waals surface area (Å²) in [4.78, 5) is 22.2. The first kappa shape index (κ1) is 6.90. The van der Waals surface area contributed by atoms with Gasteiger partial charge in [-0.2, -0.15) is 5.53 Å². The predicted octanol–water partition coefficient (Wildman–Crippen LogP) is -1.38. The van der Waals surface area contributed by atoms with E-state index >= 15 is 0 Å². The zero-order valence-electron chi connectivity index (χ0n) is 5.94. The summed E-state index contributed by atoms with van der Waals surface area (Å²) in [6.45, 7) is 0. The smallest absolute Gasteiger partial charge is 0.170 e. The Balaban J connectivity index is 2.16. The van der Waals surface area contributed by atoms with E-state index in [0.29, 0.717) is 12.8 Å². The summed E-state index contributed by atoms with van der Waals surface area (Å²) in [6.07, 6.45) is 1.00. The quantitative estimate of drug-likeness (QED) is 0.402. The summed E-state index contributed by atoms with van der Waals surface area (Å²) >= 11 is 0. The van der Waals surface area contributed by atoms with Crippen molar-refractivity contribution < 1.29 is 9.59 Å². The zero-order valence-corrected chi connectivity index (χ0v) is 5.94. The Kier molecular flexibility index (Phi) is 1.32. The van der Waals surface area contributed by atoms with Crippen molar-refractivity contribution in [2.45, 2.75) is 24.9 Å². The van der Waals surface area contributed by atoms with Crippen LogP contribution in [0.15, 0.2) is 0 Å². The molecule has 0 radical (unpaired) electrons. The first-order valence-corrected chi connectivity index (χ1v) is 3.57. The lowest BCUT2D eigenvalue weighted by Crippen LogP contribution is -2.83. The number of carbonyl (C=O) groups excluding carboxylic acids is 2. The average Bonchev–Trinajstić information content (AvgIpc) is 1.91. The molecule has 0 atom stereocenters. The molecule has 1 spiro atoms. The van der Waals surface area contributed by atoms with Crippen LogP contribution >= 0.6 is 0 Å². The zero-order chi connectivity index (χ0) is 7.90. The van der Waals surface area contributed by atoms with E-state index in [1.165, 1.54) is 0 Å². The molecule has 0 unspecified atom stereocenters. The second kappa shape index (κ2) is 2.10. The van der Waals surface area contributed by atoms with Crippen molar-refractivity contribution in [1.29, 1.82) is 0 Å². The van der Waals surface area contributed by atoms with Crippen molar-refractivity contribution in [2.24, 2.45) is 0 Å². The van der Waals surface area contributed by atoms with Gasteiger partial charge >= 0.3 is 0 Å². The molecule has 1 saturated carbocycles. The minimum absolute atomic E-state index is 0.0656. The first-order valence-electron chi connectivity index (χ1n) is 3.57. The van der Waals surface area contributed by atoms with Crippen LogP contribution in [-0.4, -0.2) is 17.2 Å². The van der Waals surface area contributed by atoms with E-state index in [4.69, 9.17) is 0 Å². The molecule has 2 aliphatic rings. The number of carbonyl (C=O) groups is 2. The Hall–Kier alpha value is -0.780. The molecule has 1 saturated heterocycles. The van der Waals surface area contributed by atoms with E-state index in [1.807, 2.05) is 0 Å². The highest BCUT2D eigenvalue weighted by Gasteiger charge is 2.47. The van der Waals surface area contributed by atoms with Gasteiger partial charge in [-0.25, -0.2) is 10.9 Å². The Bertz CT molecular complexity index is 222. The molecule has 1 aliphatic carbocycles. The van der Waals surface area contributed by atoms with Gasteiger partial charge in [0.2, 0.25) is 0 Å². The minimum Gasteiger partial charge on any atom is -0.300 e. The predicted molar refractivity (Wildman–Crippen MR) is 36.0 cm³/mol. The summed E-state index contributed by atoms with van der Waals surface area (Å²) in [5.41, 5.74) is 7.20. The van der Waals surface area contributed by atoms with Gasteiger partial charge in [-0.15, -0.1) is 0 Å². The molecule has 5 nitrogen and oxygen atoms in total. The molecule has 2 fully saturated rings. The third-order valence-corrected chi connectivity index (χ3v) is 2.12. The fraction of sp³-hybridized carbons (Fsp3) is 0.667. The number of ketones is 2. The van der Waals surface area contributed by atoms with Crippen LogP contribution in [0, 0.1) is 0 Å². The van der Waals surface area contributed by atoms with Crippen molar-refractivity contribution >= 4 is 11.6 Å². The van der Waals surface area contributed by atoms with Crippen LogP contribution in [-0.2, 0) is 9.59 Å². The van der Waals surface area contributed by atoms with Crippen LogP contribution in [0.25, 0.3) is 0 Å². The molecule has 0 aromatic heterocycles. The summed E-state index contributed by atoms with van der Waals surface area (Å²) in [6, 6.07) is 0. The Morgan fingerprint density at radius 2 is 1.91 bits per heavy atom. The number of Topliss-reactive ketones (excluding diaryl/α,β-unsaturated/α-hetero) is 2. The maximum absolute atomic E-state index is 11.2.